The van der Waals surface area contributed by atoms with Gasteiger partial charge >= 0.3 is 0 Å². The topological polar surface area (TPSA) is 70.1 Å². The molecule has 0 fully saturated rings. The van der Waals surface area contributed by atoms with Crippen molar-refractivity contribution in [2.75, 3.05) is 23.7 Å². The average Bonchev–Trinajstić information content (AvgIpc) is 2.40. The van der Waals surface area contributed by atoms with Crippen molar-refractivity contribution in [2.45, 2.75) is 46.1 Å². The predicted octanol–water partition coefficient (Wildman–Crippen LogP) is 2.21. The molecule has 0 saturated heterocycles. The Bertz CT molecular complexity index is 429. The summed E-state index contributed by atoms with van der Waals surface area (Å²) in [7, 11) is 0. The van der Waals surface area contributed by atoms with Crippen LogP contribution in [0.5, 0.6) is 0 Å². The van der Waals surface area contributed by atoms with Gasteiger partial charge in [-0.15, -0.1) is 0 Å². The molecule has 7 heteroatoms. The first-order valence-corrected chi connectivity index (χ1v) is 6.81. The van der Waals surface area contributed by atoms with Gasteiger partial charge in [0.1, 0.15) is 23.6 Å². The maximum Gasteiger partial charge on any atom is 0.265 e. The molecule has 0 bridgehead atoms. The van der Waals surface area contributed by atoms with Crippen molar-refractivity contribution in [3.8, 4) is 0 Å². The van der Waals surface area contributed by atoms with Crippen LogP contribution < -0.4 is 10.6 Å². The average molecular weight is 288 g/mol. The lowest BCUT2D eigenvalue weighted by atomic mass is 10.2. The zero-order valence-corrected chi connectivity index (χ0v) is 12.1. The van der Waals surface area contributed by atoms with Crippen LogP contribution in [0.1, 0.15) is 31.7 Å². The van der Waals surface area contributed by atoms with Crippen molar-refractivity contribution in [1.82, 2.24) is 9.97 Å². The minimum Gasteiger partial charge on any atom is -0.385 e. The normalized spacial score (nSPS) is 12.6. The van der Waals surface area contributed by atoms with E-state index < -0.39 is 12.5 Å². The second-order valence-corrected chi connectivity index (χ2v) is 4.53. The molecular weight excluding hydrogens is 266 g/mol. The minimum absolute atomic E-state index is 0.243. The van der Waals surface area contributed by atoms with Crippen LogP contribution >= 0.6 is 0 Å². The molecule has 1 atom stereocenters. The number of anilines is 2. The van der Waals surface area contributed by atoms with Gasteiger partial charge < -0.3 is 15.7 Å². The van der Waals surface area contributed by atoms with E-state index in [4.69, 9.17) is 5.11 Å². The smallest absolute Gasteiger partial charge is 0.265 e. The van der Waals surface area contributed by atoms with Gasteiger partial charge in [-0.2, -0.15) is 0 Å². The van der Waals surface area contributed by atoms with E-state index >= 15 is 0 Å². The van der Waals surface area contributed by atoms with Gasteiger partial charge in [0.25, 0.3) is 6.43 Å². The SMILES string of the molecule is CCCc1nc(NCC)c(C)c(NCC(O)C(F)F)n1. The van der Waals surface area contributed by atoms with Crippen LogP contribution in [0.4, 0.5) is 20.4 Å². The van der Waals surface area contributed by atoms with E-state index in [-0.39, 0.29) is 6.54 Å². The fourth-order valence-corrected chi connectivity index (χ4v) is 1.70. The van der Waals surface area contributed by atoms with Crippen LogP contribution in [0.2, 0.25) is 0 Å². The van der Waals surface area contributed by atoms with Gasteiger partial charge in [-0.3, -0.25) is 0 Å². The van der Waals surface area contributed by atoms with Gasteiger partial charge in [0, 0.05) is 25.1 Å². The van der Waals surface area contributed by atoms with Crippen LogP contribution in [0.25, 0.3) is 0 Å². The van der Waals surface area contributed by atoms with Crippen molar-refractivity contribution in [2.24, 2.45) is 0 Å². The molecule has 1 aromatic rings. The monoisotopic (exact) mass is 288 g/mol. The summed E-state index contributed by atoms with van der Waals surface area (Å²) in [5, 5.41) is 15.0. The Kier molecular flexibility index (Phi) is 6.57. The number of halogens is 2. The molecule has 1 unspecified atom stereocenters. The lowest BCUT2D eigenvalue weighted by molar-refractivity contribution is 0.00380. The maximum atomic E-state index is 12.3. The van der Waals surface area contributed by atoms with Gasteiger partial charge in [-0.25, -0.2) is 18.7 Å². The van der Waals surface area contributed by atoms with E-state index in [0.717, 1.165) is 12.0 Å². The highest BCUT2D eigenvalue weighted by molar-refractivity contribution is 5.57. The molecule has 114 valence electrons. The Morgan fingerprint density at radius 1 is 1.15 bits per heavy atom. The highest BCUT2D eigenvalue weighted by Crippen LogP contribution is 2.20. The number of hydrogen-bond acceptors (Lipinski definition) is 5. The van der Waals surface area contributed by atoms with E-state index in [0.29, 0.717) is 30.4 Å². The Hall–Kier alpha value is -1.50. The Balaban J connectivity index is 2.91. The number of alkyl halides is 2. The molecule has 1 heterocycles. The molecule has 0 aliphatic heterocycles. The Morgan fingerprint density at radius 3 is 2.25 bits per heavy atom. The Labute approximate surface area is 117 Å². The minimum atomic E-state index is -2.77. The summed E-state index contributed by atoms with van der Waals surface area (Å²) in [6, 6.07) is 0. The van der Waals surface area contributed by atoms with E-state index in [1.165, 1.54) is 0 Å². The third kappa shape index (κ3) is 4.56. The van der Waals surface area contributed by atoms with Crippen LogP contribution in [0, 0.1) is 6.92 Å². The van der Waals surface area contributed by atoms with Gasteiger partial charge in [-0.05, 0) is 20.3 Å². The number of aromatic nitrogens is 2. The van der Waals surface area contributed by atoms with Crippen LogP contribution in [0.15, 0.2) is 0 Å². The molecule has 1 rings (SSSR count). The summed E-state index contributed by atoms with van der Waals surface area (Å²) >= 11 is 0. The summed E-state index contributed by atoms with van der Waals surface area (Å²) in [6.45, 7) is 6.25. The number of nitrogens with zero attached hydrogens (tertiary/aromatic N) is 2. The largest absolute Gasteiger partial charge is 0.385 e. The number of aliphatic hydroxyl groups excluding tert-OH is 1. The predicted molar refractivity (Wildman–Crippen MR) is 75.4 cm³/mol. The lowest BCUT2D eigenvalue weighted by Crippen LogP contribution is -2.27. The molecule has 0 aliphatic rings. The van der Waals surface area contributed by atoms with Crippen LogP contribution in [-0.4, -0.2) is 40.7 Å². The molecule has 0 saturated carbocycles. The van der Waals surface area contributed by atoms with E-state index in [9.17, 15) is 8.78 Å². The number of aliphatic hydroxyl groups is 1. The summed E-state index contributed by atoms with van der Waals surface area (Å²) in [5.74, 6) is 1.84. The maximum absolute atomic E-state index is 12.3. The summed E-state index contributed by atoms with van der Waals surface area (Å²) < 4.78 is 24.6. The summed E-state index contributed by atoms with van der Waals surface area (Å²) in [6.07, 6.45) is -2.87. The zero-order valence-electron chi connectivity index (χ0n) is 12.1. The van der Waals surface area contributed by atoms with Crippen molar-refractivity contribution >= 4 is 11.6 Å². The molecule has 5 nitrogen and oxygen atoms in total. The van der Waals surface area contributed by atoms with Crippen molar-refractivity contribution in [1.29, 1.82) is 0 Å². The van der Waals surface area contributed by atoms with E-state index in [2.05, 4.69) is 20.6 Å². The molecule has 1 aromatic heterocycles. The molecule has 0 spiro atoms. The third-order valence-corrected chi connectivity index (χ3v) is 2.78. The number of aryl methyl sites for hydroxylation is 1. The number of nitrogens with one attached hydrogen (secondary N) is 2. The summed E-state index contributed by atoms with van der Waals surface area (Å²) in [4.78, 5) is 8.72. The Morgan fingerprint density at radius 2 is 1.75 bits per heavy atom. The zero-order chi connectivity index (χ0) is 15.1. The van der Waals surface area contributed by atoms with Crippen LogP contribution in [-0.2, 0) is 6.42 Å². The van der Waals surface area contributed by atoms with E-state index in [1.807, 2.05) is 20.8 Å². The van der Waals surface area contributed by atoms with Gasteiger partial charge in [0.05, 0.1) is 0 Å². The van der Waals surface area contributed by atoms with Crippen molar-refractivity contribution in [3.63, 3.8) is 0 Å². The molecule has 0 aliphatic carbocycles. The highest BCUT2D eigenvalue weighted by atomic mass is 19.3. The first-order valence-electron chi connectivity index (χ1n) is 6.81. The molecule has 0 aromatic carbocycles. The molecule has 0 amide bonds. The number of hydrogen-bond donors (Lipinski definition) is 3. The first kappa shape index (κ1) is 16.6. The second-order valence-electron chi connectivity index (χ2n) is 4.53. The van der Waals surface area contributed by atoms with E-state index in [1.54, 1.807) is 0 Å². The fraction of sp³-hybridized carbons (Fsp3) is 0.692. The fourth-order valence-electron chi connectivity index (χ4n) is 1.70. The highest BCUT2D eigenvalue weighted by Gasteiger charge is 2.18. The lowest BCUT2D eigenvalue weighted by Gasteiger charge is -2.16. The number of rotatable bonds is 8. The first-order chi connectivity index (χ1) is 9.49. The quantitative estimate of drug-likeness (QED) is 0.684. The van der Waals surface area contributed by atoms with Gasteiger partial charge in [0.15, 0.2) is 0 Å². The van der Waals surface area contributed by atoms with Gasteiger partial charge in [0.2, 0.25) is 0 Å². The molecule has 20 heavy (non-hydrogen) atoms. The standard InChI is InChI=1S/C13H22F2N4O/c1-4-6-10-18-12(16-5-2)8(3)13(19-10)17-7-9(20)11(14)15/h9,11,20H,4-7H2,1-3H3,(H2,16,17,18,19). The molecular formula is C13H22F2N4O. The van der Waals surface area contributed by atoms with Crippen molar-refractivity contribution < 1.29 is 13.9 Å². The third-order valence-electron chi connectivity index (χ3n) is 2.78. The molecule has 0 radical (unpaired) electrons. The van der Waals surface area contributed by atoms with Crippen molar-refractivity contribution in [3.05, 3.63) is 11.4 Å². The summed E-state index contributed by atoms with van der Waals surface area (Å²) in [5.41, 5.74) is 0.758. The van der Waals surface area contributed by atoms with Gasteiger partial charge in [-0.1, -0.05) is 6.92 Å². The van der Waals surface area contributed by atoms with Crippen LogP contribution in [0.3, 0.4) is 0 Å². The molecule has 3 N–H and O–H groups in total. The second kappa shape index (κ2) is 7.94.